The van der Waals surface area contributed by atoms with Gasteiger partial charge < -0.3 is 25.0 Å². The number of amides is 4. The van der Waals surface area contributed by atoms with E-state index in [2.05, 4.69) is 59.3 Å². The minimum absolute atomic E-state index is 0.00244. The number of hydrogen-bond donors (Lipinski definition) is 4. The summed E-state index contributed by atoms with van der Waals surface area (Å²) in [6.45, 7) is 7.40. The third kappa shape index (κ3) is 13.8. The summed E-state index contributed by atoms with van der Waals surface area (Å²) < 4.78 is 93.7. The second kappa shape index (κ2) is 23.8. The van der Waals surface area contributed by atoms with Crippen molar-refractivity contribution in [3.8, 4) is 23.1 Å². The molecule has 2 aromatic heterocycles. The summed E-state index contributed by atoms with van der Waals surface area (Å²) in [6, 6.07) is 7.84. The van der Waals surface area contributed by atoms with E-state index in [1.54, 1.807) is 12.1 Å². The number of likely N-dealkylation sites (tertiary alicyclic amines) is 2. The minimum Gasteiger partial charge on any atom is -0.389 e. The number of hydrogen-bond acceptors (Lipinski definition) is 13. The highest BCUT2D eigenvalue weighted by Crippen LogP contribution is 2.37. The fourth-order valence-corrected chi connectivity index (χ4v) is 12.0. The molecular weight excluding hydrogens is 1040 g/mol. The number of halogens is 4. The van der Waals surface area contributed by atoms with Crippen LogP contribution in [-0.2, 0) is 48.4 Å². The monoisotopic (exact) mass is 1100 g/mol. The van der Waals surface area contributed by atoms with Gasteiger partial charge in [0, 0.05) is 74.1 Å². The zero-order valence-electron chi connectivity index (χ0n) is 43.5. The first-order valence-corrected chi connectivity index (χ1v) is 28.0. The first kappa shape index (κ1) is 56.2. The van der Waals surface area contributed by atoms with E-state index < -0.39 is 50.8 Å². The highest BCUT2D eigenvalue weighted by molar-refractivity contribution is 7.89. The maximum atomic E-state index is 15.4. The number of carbonyl (C=O) groups excluding carboxylic acids is 4. The van der Waals surface area contributed by atoms with Gasteiger partial charge in [-0.2, -0.15) is 18.3 Å². The van der Waals surface area contributed by atoms with Crippen molar-refractivity contribution in [3.05, 3.63) is 95.2 Å². The lowest BCUT2D eigenvalue weighted by Crippen LogP contribution is -2.52. The number of nitrogens with one attached hydrogen (secondary N) is 3. The lowest BCUT2D eigenvalue weighted by atomic mass is 9.82. The van der Waals surface area contributed by atoms with E-state index in [9.17, 15) is 45.9 Å². The van der Waals surface area contributed by atoms with Crippen LogP contribution >= 0.6 is 0 Å². The number of piperidine rings is 3. The molecular formula is C55H64F4N10O8S. The SMILES string of the molecule is CC(C)(O)Cn1cc(-c2nc(Nc3ccc(S(=O)(=O)NCC4CCC(/C=C/CN5CCC(C(=O)N6CCC(OCC#Cc7cccc8c7CN(C7CCC(=O)NC7=O)C8=O)CC6)CC5)CC4)cc3F)ncc2C(F)(F)F)cn1. The number of imide groups is 1. The number of aliphatic hydroxyl groups is 1. The third-order valence-electron chi connectivity index (χ3n) is 15.2. The lowest BCUT2D eigenvalue weighted by molar-refractivity contribution is -0.140. The number of carbonyl (C=O) groups is 4. The van der Waals surface area contributed by atoms with Crippen LogP contribution in [0.1, 0.15) is 105 Å². The number of anilines is 2. The fraction of sp³-hybridized carbons (Fsp3) is 0.509. The van der Waals surface area contributed by atoms with Crippen LogP contribution in [-0.4, -0.2) is 135 Å². The van der Waals surface area contributed by atoms with E-state index in [0.29, 0.717) is 42.8 Å². The van der Waals surface area contributed by atoms with Crippen molar-refractivity contribution in [1.82, 2.24) is 44.5 Å². The number of sulfonamides is 1. The van der Waals surface area contributed by atoms with Crippen molar-refractivity contribution in [2.75, 3.05) is 51.2 Å². The highest BCUT2D eigenvalue weighted by atomic mass is 32.2. The molecule has 0 bridgehead atoms. The molecule has 0 radical (unpaired) electrons. The Hall–Kier alpha value is -6.58. The standard InChI is InChI=1S/C55H64F4N10O8S/c1-54(2,74)34-68-32-39(30-61-68)49-44(55(57,58)59)31-60-53(65-49)63-46-15-14-41(28-45(46)56)78(75,76)62-29-36-12-10-35(11-13-36)6-4-22-66-23-18-38(19-24-66)51(72)67-25-20-40(21-26-67)77-27-5-8-37-7-3-9-42-43(37)33-69(52(42)73)47-16-17-48(70)64-50(47)71/h3-4,6-7,9,14-15,28,30-32,35-36,38,40,47,62,74H,10-13,16-27,29,33-34H2,1-2H3,(H,60,63,65)(H,64,70,71)/b6-4+. The van der Waals surface area contributed by atoms with Crippen molar-refractivity contribution < 1.29 is 55.0 Å². The Morgan fingerprint density at radius 2 is 1.73 bits per heavy atom. The van der Waals surface area contributed by atoms with Crippen LogP contribution < -0.4 is 15.4 Å². The number of fused-ring (bicyclic) bond motifs is 1. The van der Waals surface area contributed by atoms with Gasteiger partial charge in [-0.3, -0.25) is 34.1 Å². The first-order valence-electron chi connectivity index (χ1n) is 26.5. The molecule has 1 atom stereocenters. The molecule has 0 spiro atoms. The number of rotatable bonds is 16. The number of nitrogens with zero attached hydrogens (tertiary/aromatic N) is 7. The highest BCUT2D eigenvalue weighted by Gasteiger charge is 2.40. The minimum atomic E-state index is -4.82. The summed E-state index contributed by atoms with van der Waals surface area (Å²) in [6.07, 6.45) is 9.58. The molecule has 9 rings (SSSR count). The van der Waals surface area contributed by atoms with Crippen LogP contribution in [0.4, 0.5) is 29.2 Å². The molecule has 1 saturated carbocycles. The molecule has 23 heteroatoms. The molecule has 4 aromatic rings. The van der Waals surface area contributed by atoms with Gasteiger partial charge in [0.2, 0.25) is 33.7 Å². The summed E-state index contributed by atoms with van der Waals surface area (Å²) in [5, 5.41) is 19.0. The molecule has 4 fully saturated rings. The van der Waals surface area contributed by atoms with Crippen molar-refractivity contribution in [3.63, 3.8) is 0 Å². The van der Waals surface area contributed by atoms with Crippen molar-refractivity contribution in [2.45, 2.75) is 120 Å². The Kier molecular flexibility index (Phi) is 17.1. The summed E-state index contributed by atoms with van der Waals surface area (Å²) in [5.41, 5.74) is -1.12. The van der Waals surface area contributed by atoms with Gasteiger partial charge in [0.25, 0.3) is 5.91 Å². The molecule has 1 aliphatic carbocycles. The van der Waals surface area contributed by atoms with Gasteiger partial charge in [0.05, 0.1) is 40.7 Å². The smallest absolute Gasteiger partial charge is 0.389 e. The largest absolute Gasteiger partial charge is 0.419 e. The predicted octanol–water partition coefficient (Wildman–Crippen LogP) is 6.19. The van der Waals surface area contributed by atoms with Gasteiger partial charge in [-0.05, 0) is 132 Å². The van der Waals surface area contributed by atoms with E-state index in [1.165, 1.54) is 41.9 Å². The summed E-state index contributed by atoms with van der Waals surface area (Å²) >= 11 is 0. The Bertz CT molecular complexity index is 3090. The number of ether oxygens (including phenoxy) is 1. The molecule has 4 aliphatic heterocycles. The zero-order valence-corrected chi connectivity index (χ0v) is 44.3. The summed E-state index contributed by atoms with van der Waals surface area (Å²) in [7, 11) is -4.10. The van der Waals surface area contributed by atoms with Gasteiger partial charge in [-0.25, -0.2) is 27.5 Å². The molecule has 416 valence electrons. The Morgan fingerprint density at radius 1 is 0.974 bits per heavy atom. The van der Waals surface area contributed by atoms with E-state index in [-0.39, 0.29) is 90.4 Å². The van der Waals surface area contributed by atoms with Crippen LogP contribution in [0.3, 0.4) is 0 Å². The molecule has 18 nitrogen and oxygen atoms in total. The van der Waals surface area contributed by atoms with Gasteiger partial charge in [-0.15, -0.1) is 0 Å². The molecule has 78 heavy (non-hydrogen) atoms. The lowest BCUT2D eigenvalue weighted by Gasteiger charge is -2.37. The molecule has 2 aromatic carbocycles. The molecule has 4 amide bonds. The average Bonchev–Trinajstić information content (AvgIpc) is 4.15. The van der Waals surface area contributed by atoms with Gasteiger partial charge >= 0.3 is 6.18 Å². The van der Waals surface area contributed by atoms with E-state index in [4.69, 9.17) is 4.74 Å². The van der Waals surface area contributed by atoms with Crippen LogP contribution in [0.2, 0.25) is 0 Å². The maximum absolute atomic E-state index is 15.4. The van der Waals surface area contributed by atoms with Gasteiger partial charge in [-0.1, -0.05) is 30.1 Å². The molecule has 4 N–H and O–H groups in total. The van der Waals surface area contributed by atoms with Crippen molar-refractivity contribution >= 4 is 45.3 Å². The summed E-state index contributed by atoms with van der Waals surface area (Å²) in [5.74, 6) is 4.52. The maximum Gasteiger partial charge on any atom is 0.419 e. The topological polar surface area (TPSA) is 221 Å². The average molecular weight is 1100 g/mol. The number of allylic oxidation sites excluding steroid dienone is 1. The first-order chi connectivity index (χ1) is 37.2. The van der Waals surface area contributed by atoms with Crippen LogP contribution in [0, 0.1) is 35.4 Å². The van der Waals surface area contributed by atoms with Crippen LogP contribution in [0.15, 0.2) is 72.0 Å². The van der Waals surface area contributed by atoms with E-state index >= 15 is 4.39 Å². The van der Waals surface area contributed by atoms with Crippen molar-refractivity contribution in [2.24, 2.45) is 17.8 Å². The quantitative estimate of drug-likeness (QED) is 0.0427. The Labute approximate surface area is 450 Å². The summed E-state index contributed by atoms with van der Waals surface area (Å²) in [4.78, 5) is 64.1. The van der Waals surface area contributed by atoms with E-state index in [0.717, 1.165) is 88.7 Å². The predicted molar refractivity (Wildman–Crippen MR) is 278 cm³/mol. The number of benzene rings is 2. The third-order valence-corrected chi connectivity index (χ3v) is 16.6. The second-order valence-corrected chi connectivity index (χ2v) is 23.2. The normalized spacial score (nSPS) is 21.2. The van der Waals surface area contributed by atoms with E-state index in [1.807, 2.05) is 11.0 Å². The molecule has 3 saturated heterocycles. The Balaban J connectivity index is 0.657. The molecule has 1 unspecified atom stereocenters. The van der Waals surface area contributed by atoms with Crippen molar-refractivity contribution in [1.29, 1.82) is 0 Å². The Morgan fingerprint density at radius 3 is 2.44 bits per heavy atom. The van der Waals surface area contributed by atoms with Crippen LogP contribution in [0.5, 0.6) is 0 Å². The second-order valence-electron chi connectivity index (χ2n) is 21.5. The fourth-order valence-electron chi connectivity index (χ4n) is 10.9. The number of alkyl halides is 3. The zero-order chi connectivity index (χ0) is 55.4. The molecule has 5 aliphatic rings. The molecule has 6 heterocycles. The number of aromatic nitrogens is 4. The van der Waals surface area contributed by atoms with Crippen LogP contribution in [0.25, 0.3) is 11.3 Å². The van der Waals surface area contributed by atoms with Gasteiger partial charge in [0.1, 0.15) is 24.0 Å². The van der Waals surface area contributed by atoms with Gasteiger partial charge in [0.15, 0.2) is 0 Å².